The van der Waals surface area contributed by atoms with Gasteiger partial charge >= 0.3 is 6.61 Å². The highest BCUT2D eigenvalue weighted by Crippen LogP contribution is 2.39. The molecule has 0 fully saturated rings. The van der Waals surface area contributed by atoms with Crippen molar-refractivity contribution < 1.29 is 27.8 Å². The van der Waals surface area contributed by atoms with Crippen LogP contribution < -0.4 is 30.2 Å². The highest BCUT2D eigenvalue weighted by Gasteiger charge is 2.20. The van der Waals surface area contributed by atoms with Crippen molar-refractivity contribution in [1.29, 1.82) is 0 Å². The Kier molecular flexibility index (Phi) is 10.2. The molecule has 1 aliphatic rings. The predicted octanol–water partition coefficient (Wildman–Crippen LogP) is 2.51. The van der Waals surface area contributed by atoms with Crippen molar-refractivity contribution in [1.82, 2.24) is 20.9 Å². The minimum absolute atomic E-state index is 0. The van der Waals surface area contributed by atoms with E-state index in [0.717, 1.165) is 0 Å². The Hall–Kier alpha value is -2.90. The SMILES string of the molecule is CCNC(=NCc1cc2c(cc1OC(F)F)OCO2)NCCNC(=O)c1cccnc1.I. The number of nitrogens with one attached hydrogen (secondary N) is 3. The third-order valence-corrected chi connectivity index (χ3v) is 4.15. The number of fused-ring (bicyclic) bond motifs is 1. The van der Waals surface area contributed by atoms with Gasteiger partial charge in [-0.05, 0) is 25.1 Å². The van der Waals surface area contributed by atoms with Crippen LogP contribution in [0.5, 0.6) is 17.2 Å². The van der Waals surface area contributed by atoms with Gasteiger partial charge in [0.05, 0.1) is 12.1 Å². The van der Waals surface area contributed by atoms with E-state index in [9.17, 15) is 13.6 Å². The Morgan fingerprint density at radius 3 is 2.66 bits per heavy atom. The third-order valence-electron chi connectivity index (χ3n) is 4.15. The van der Waals surface area contributed by atoms with E-state index < -0.39 is 6.61 Å². The second-order valence-corrected chi connectivity index (χ2v) is 6.31. The van der Waals surface area contributed by atoms with E-state index >= 15 is 0 Å². The molecule has 0 spiro atoms. The molecule has 0 unspecified atom stereocenters. The number of halogens is 3. The average Bonchev–Trinajstić information content (AvgIpc) is 3.22. The molecule has 1 aromatic heterocycles. The van der Waals surface area contributed by atoms with Gasteiger partial charge in [-0.2, -0.15) is 8.78 Å². The zero-order valence-electron chi connectivity index (χ0n) is 17.3. The number of amides is 1. The summed E-state index contributed by atoms with van der Waals surface area (Å²) in [6.07, 6.45) is 3.08. The normalized spacial score (nSPS) is 12.2. The number of nitrogens with zero attached hydrogens (tertiary/aromatic N) is 2. The van der Waals surface area contributed by atoms with Gasteiger partial charge in [-0.3, -0.25) is 9.78 Å². The number of pyridine rings is 1. The van der Waals surface area contributed by atoms with E-state index in [2.05, 4.69) is 30.7 Å². The Labute approximate surface area is 201 Å². The summed E-state index contributed by atoms with van der Waals surface area (Å²) in [5.41, 5.74) is 0.893. The first kappa shape index (κ1) is 25.4. The lowest BCUT2D eigenvalue weighted by Crippen LogP contribution is -2.41. The van der Waals surface area contributed by atoms with Crippen LogP contribution >= 0.6 is 24.0 Å². The van der Waals surface area contributed by atoms with Crippen molar-refractivity contribution in [2.24, 2.45) is 4.99 Å². The summed E-state index contributed by atoms with van der Waals surface area (Å²) in [4.78, 5) is 20.3. The first-order valence-corrected chi connectivity index (χ1v) is 9.64. The van der Waals surface area contributed by atoms with Gasteiger partial charge in [0.1, 0.15) is 5.75 Å². The summed E-state index contributed by atoms with van der Waals surface area (Å²) in [6.45, 7) is 0.350. The number of aliphatic imine (C=N–C) groups is 1. The maximum absolute atomic E-state index is 12.8. The molecule has 0 saturated carbocycles. The molecule has 0 bridgehead atoms. The third kappa shape index (κ3) is 7.35. The monoisotopic (exact) mass is 563 g/mol. The van der Waals surface area contributed by atoms with Gasteiger partial charge in [-0.25, -0.2) is 4.99 Å². The van der Waals surface area contributed by atoms with Crippen molar-refractivity contribution in [2.45, 2.75) is 20.1 Å². The van der Waals surface area contributed by atoms with Gasteiger partial charge in [-0.15, -0.1) is 24.0 Å². The van der Waals surface area contributed by atoms with E-state index in [0.29, 0.717) is 48.2 Å². The Morgan fingerprint density at radius 1 is 1.22 bits per heavy atom. The lowest BCUT2D eigenvalue weighted by molar-refractivity contribution is -0.0505. The highest BCUT2D eigenvalue weighted by molar-refractivity contribution is 14.0. The van der Waals surface area contributed by atoms with E-state index in [-0.39, 0.29) is 49.0 Å². The number of ether oxygens (including phenoxy) is 3. The number of benzene rings is 1. The van der Waals surface area contributed by atoms with Crippen LogP contribution in [0.1, 0.15) is 22.8 Å². The summed E-state index contributed by atoms with van der Waals surface area (Å²) >= 11 is 0. The fourth-order valence-corrected chi connectivity index (χ4v) is 2.76. The molecule has 32 heavy (non-hydrogen) atoms. The number of hydrogen-bond acceptors (Lipinski definition) is 6. The molecule has 2 aromatic rings. The molecule has 3 N–H and O–H groups in total. The van der Waals surface area contributed by atoms with Crippen molar-refractivity contribution in [3.05, 3.63) is 47.8 Å². The summed E-state index contributed by atoms with van der Waals surface area (Å²) < 4.78 is 40.7. The quantitative estimate of drug-likeness (QED) is 0.187. The van der Waals surface area contributed by atoms with E-state index in [1.165, 1.54) is 12.3 Å². The van der Waals surface area contributed by atoms with Gasteiger partial charge in [0.2, 0.25) is 6.79 Å². The van der Waals surface area contributed by atoms with Crippen molar-refractivity contribution in [3.63, 3.8) is 0 Å². The Morgan fingerprint density at radius 2 is 1.97 bits per heavy atom. The molecule has 1 amide bonds. The second-order valence-electron chi connectivity index (χ2n) is 6.31. The average molecular weight is 563 g/mol. The minimum Gasteiger partial charge on any atom is -0.454 e. The first-order chi connectivity index (χ1) is 15.1. The number of aromatic nitrogens is 1. The standard InChI is InChI=1S/C20H23F2N5O4.HI/c1-2-24-20(26-7-6-25-18(28)13-4-3-5-23-10-13)27-11-14-8-16-17(30-12-29-16)9-15(14)31-19(21)22;/h3-5,8-10,19H,2,6-7,11-12H2,1H3,(H,25,28)(H2,24,26,27);1H. The fraction of sp³-hybridized carbons (Fsp3) is 0.350. The van der Waals surface area contributed by atoms with Gasteiger partial charge in [0.15, 0.2) is 17.5 Å². The van der Waals surface area contributed by atoms with E-state index in [4.69, 9.17) is 9.47 Å². The number of hydrogen-bond donors (Lipinski definition) is 3. The maximum Gasteiger partial charge on any atom is 0.387 e. The lowest BCUT2D eigenvalue weighted by Gasteiger charge is -2.13. The number of alkyl halides is 2. The van der Waals surface area contributed by atoms with Crippen molar-refractivity contribution >= 4 is 35.8 Å². The molecule has 2 heterocycles. The molecule has 0 saturated heterocycles. The number of carbonyl (C=O) groups is 1. The van der Waals surface area contributed by atoms with Crippen LogP contribution in [0.2, 0.25) is 0 Å². The predicted molar refractivity (Wildman–Crippen MR) is 124 cm³/mol. The minimum atomic E-state index is -2.97. The van der Waals surface area contributed by atoms with Gasteiger partial charge < -0.3 is 30.2 Å². The fourth-order valence-electron chi connectivity index (χ4n) is 2.76. The van der Waals surface area contributed by atoms with Crippen LogP contribution in [0.25, 0.3) is 0 Å². The zero-order valence-corrected chi connectivity index (χ0v) is 19.6. The van der Waals surface area contributed by atoms with Gasteiger partial charge in [0, 0.05) is 43.7 Å². The molecule has 9 nitrogen and oxygen atoms in total. The largest absolute Gasteiger partial charge is 0.454 e. The summed E-state index contributed by atoms with van der Waals surface area (Å²) in [5, 5.41) is 8.90. The first-order valence-electron chi connectivity index (χ1n) is 9.64. The molecule has 12 heteroatoms. The number of rotatable bonds is 9. The molecule has 0 aliphatic carbocycles. The smallest absolute Gasteiger partial charge is 0.387 e. The van der Waals surface area contributed by atoms with Crippen LogP contribution in [0, 0.1) is 0 Å². The molecule has 0 radical (unpaired) electrons. The molecular weight excluding hydrogens is 539 g/mol. The Balaban J connectivity index is 0.00000363. The van der Waals surface area contributed by atoms with Crippen LogP contribution in [-0.4, -0.2) is 49.9 Å². The van der Waals surface area contributed by atoms with E-state index in [1.54, 1.807) is 24.4 Å². The second kappa shape index (κ2) is 12.8. The molecular formula is C20H24F2IN5O4. The zero-order chi connectivity index (χ0) is 22.1. The highest BCUT2D eigenvalue weighted by atomic mass is 127. The van der Waals surface area contributed by atoms with Crippen LogP contribution in [-0.2, 0) is 6.54 Å². The number of guanidine groups is 1. The van der Waals surface area contributed by atoms with Crippen molar-refractivity contribution in [3.8, 4) is 17.2 Å². The van der Waals surface area contributed by atoms with Gasteiger partial charge in [0.25, 0.3) is 5.91 Å². The van der Waals surface area contributed by atoms with Gasteiger partial charge in [-0.1, -0.05) is 0 Å². The van der Waals surface area contributed by atoms with Crippen LogP contribution in [0.15, 0.2) is 41.7 Å². The number of carbonyl (C=O) groups excluding carboxylic acids is 1. The molecule has 1 aliphatic heterocycles. The topological polar surface area (TPSA) is 106 Å². The van der Waals surface area contributed by atoms with Crippen LogP contribution in [0.3, 0.4) is 0 Å². The summed E-state index contributed by atoms with van der Waals surface area (Å²) in [6, 6.07) is 6.30. The van der Waals surface area contributed by atoms with Crippen LogP contribution in [0.4, 0.5) is 8.78 Å². The van der Waals surface area contributed by atoms with Crippen molar-refractivity contribution in [2.75, 3.05) is 26.4 Å². The lowest BCUT2D eigenvalue weighted by atomic mass is 10.1. The molecule has 1 aromatic carbocycles. The Bertz CT molecular complexity index is 918. The molecule has 0 atom stereocenters. The maximum atomic E-state index is 12.8. The molecule has 174 valence electrons. The van der Waals surface area contributed by atoms with E-state index in [1.807, 2.05) is 6.92 Å². The summed E-state index contributed by atoms with van der Waals surface area (Å²) in [5.74, 6) is 0.994. The summed E-state index contributed by atoms with van der Waals surface area (Å²) in [7, 11) is 0. The molecule has 3 rings (SSSR count).